The molecule has 0 bridgehead atoms. The van der Waals surface area contributed by atoms with E-state index in [1.54, 1.807) is 6.20 Å². The largest absolute Gasteiger partial charge is 0.487 e. The number of amides is 2. The van der Waals surface area contributed by atoms with Gasteiger partial charge in [-0.05, 0) is 49.6 Å². The van der Waals surface area contributed by atoms with E-state index >= 15 is 0 Å². The van der Waals surface area contributed by atoms with Crippen LogP contribution in [-0.2, 0) is 16.2 Å². The Bertz CT molecular complexity index is 760. The highest BCUT2D eigenvalue weighted by molar-refractivity contribution is 5.87. The van der Waals surface area contributed by atoms with Crippen LogP contribution in [0.15, 0.2) is 48.7 Å². The van der Waals surface area contributed by atoms with Gasteiger partial charge in [0.05, 0.1) is 18.3 Å². The van der Waals surface area contributed by atoms with Crippen LogP contribution >= 0.6 is 0 Å². The minimum atomic E-state index is -0.202. The SMILES string of the molecule is CC(NC(=O)CNC(=O)C1CC1)c1cccc(OCc2ccccn2)c1. The van der Waals surface area contributed by atoms with Gasteiger partial charge in [0.15, 0.2) is 0 Å². The summed E-state index contributed by atoms with van der Waals surface area (Å²) < 4.78 is 5.77. The smallest absolute Gasteiger partial charge is 0.239 e. The number of hydrogen-bond acceptors (Lipinski definition) is 4. The van der Waals surface area contributed by atoms with Crippen molar-refractivity contribution in [3.05, 3.63) is 59.9 Å². The van der Waals surface area contributed by atoms with Gasteiger partial charge in [-0.2, -0.15) is 0 Å². The zero-order valence-electron chi connectivity index (χ0n) is 14.8. The fourth-order valence-electron chi connectivity index (χ4n) is 2.55. The van der Waals surface area contributed by atoms with Crippen LogP contribution in [0.2, 0.25) is 0 Å². The van der Waals surface area contributed by atoms with Gasteiger partial charge in [0.25, 0.3) is 0 Å². The standard InChI is InChI=1S/C20H23N3O3/c1-14(23-19(24)12-22-20(25)15-8-9-15)16-5-4-7-18(11-16)26-13-17-6-2-3-10-21-17/h2-7,10-11,14-15H,8-9,12-13H2,1H3,(H,22,25)(H,23,24). The van der Waals surface area contributed by atoms with Gasteiger partial charge in [-0.25, -0.2) is 0 Å². The fraction of sp³-hybridized carbons (Fsp3) is 0.350. The molecule has 1 fully saturated rings. The van der Waals surface area contributed by atoms with E-state index in [0.717, 1.165) is 29.8 Å². The number of hydrogen-bond donors (Lipinski definition) is 2. The van der Waals surface area contributed by atoms with Crippen molar-refractivity contribution in [2.24, 2.45) is 5.92 Å². The molecule has 0 radical (unpaired) electrons. The molecule has 2 N–H and O–H groups in total. The van der Waals surface area contributed by atoms with Crippen molar-refractivity contribution in [2.75, 3.05) is 6.54 Å². The summed E-state index contributed by atoms with van der Waals surface area (Å²) >= 11 is 0. The highest BCUT2D eigenvalue weighted by Gasteiger charge is 2.29. The summed E-state index contributed by atoms with van der Waals surface area (Å²) in [5, 5.41) is 5.56. The molecule has 26 heavy (non-hydrogen) atoms. The average Bonchev–Trinajstić information content (AvgIpc) is 3.51. The maximum Gasteiger partial charge on any atom is 0.239 e. The van der Waals surface area contributed by atoms with Crippen LogP contribution < -0.4 is 15.4 Å². The van der Waals surface area contributed by atoms with Crippen LogP contribution in [0.3, 0.4) is 0 Å². The predicted octanol–water partition coefficient (Wildman–Crippen LogP) is 2.36. The Labute approximate surface area is 153 Å². The molecule has 1 unspecified atom stereocenters. The Balaban J connectivity index is 1.49. The van der Waals surface area contributed by atoms with Crippen molar-refractivity contribution in [3.8, 4) is 5.75 Å². The molecule has 1 aromatic heterocycles. The second kappa shape index (κ2) is 8.47. The number of rotatable bonds is 8. The second-order valence-corrected chi connectivity index (χ2v) is 6.46. The molecule has 3 rings (SSSR count). The molecule has 0 spiro atoms. The van der Waals surface area contributed by atoms with Gasteiger partial charge in [-0.15, -0.1) is 0 Å². The third kappa shape index (κ3) is 5.31. The summed E-state index contributed by atoms with van der Waals surface area (Å²) in [7, 11) is 0. The van der Waals surface area contributed by atoms with Crippen LogP contribution in [0.4, 0.5) is 0 Å². The first-order valence-corrected chi connectivity index (χ1v) is 8.81. The number of nitrogens with zero attached hydrogens (tertiary/aromatic N) is 1. The van der Waals surface area contributed by atoms with E-state index < -0.39 is 0 Å². The summed E-state index contributed by atoms with van der Waals surface area (Å²) in [5.74, 6) is 0.591. The van der Waals surface area contributed by atoms with E-state index in [2.05, 4.69) is 15.6 Å². The number of pyridine rings is 1. The van der Waals surface area contributed by atoms with Gasteiger partial charge in [-0.1, -0.05) is 18.2 Å². The lowest BCUT2D eigenvalue weighted by Gasteiger charge is -2.16. The molecular weight excluding hydrogens is 330 g/mol. The Kier molecular flexibility index (Phi) is 5.84. The van der Waals surface area contributed by atoms with Gasteiger partial charge in [-0.3, -0.25) is 14.6 Å². The lowest BCUT2D eigenvalue weighted by atomic mass is 10.1. The summed E-state index contributed by atoms with van der Waals surface area (Å²) in [4.78, 5) is 27.8. The molecule has 2 amide bonds. The van der Waals surface area contributed by atoms with Gasteiger partial charge >= 0.3 is 0 Å². The highest BCUT2D eigenvalue weighted by Crippen LogP contribution is 2.28. The molecule has 6 heteroatoms. The van der Waals surface area contributed by atoms with Crippen LogP contribution in [-0.4, -0.2) is 23.3 Å². The van der Waals surface area contributed by atoms with Gasteiger partial charge < -0.3 is 15.4 Å². The highest BCUT2D eigenvalue weighted by atomic mass is 16.5. The lowest BCUT2D eigenvalue weighted by molar-refractivity contribution is -0.127. The monoisotopic (exact) mass is 353 g/mol. The molecule has 0 aliphatic heterocycles. The van der Waals surface area contributed by atoms with Gasteiger partial charge in [0, 0.05) is 12.1 Å². The Morgan fingerprint density at radius 1 is 1.23 bits per heavy atom. The van der Waals surface area contributed by atoms with Crippen molar-refractivity contribution < 1.29 is 14.3 Å². The topological polar surface area (TPSA) is 80.3 Å². The average molecular weight is 353 g/mol. The maximum atomic E-state index is 12.0. The van der Waals surface area contributed by atoms with E-state index in [1.807, 2.05) is 49.4 Å². The van der Waals surface area contributed by atoms with E-state index in [-0.39, 0.29) is 30.3 Å². The zero-order chi connectivity index (χ0) is 18.4. The Morgan fingerprint density at radius 3 is 2.81 bits per heavy atom. The van der Waals surface area contributed by atoms with Gasteiger partial charge in [0.1, 0.15) is 12.4 Å². The van der Waals surface area contributed by atoms with Crippen LogP contribution in [0.1, 0.15) is 37.1 Å². The van der Waals surface area contributed by atoms with Crippen LogP contribution in [0.5, 0.6) is 5.75 Å². The number of carbonyl (C=O) groups excluding carboxylic acids is 2. The zero-order valence-corrected chi connectivity index (χ0v) is 14.8. The maximum absolute atomic E-state index is 12.0. The van der Waals surface area contributed by atoms with Crippen molar-refractivity contribution in [1.29, 1.82) is 0 Å². The molecule has 1 aromatic carbocycles. The van der Waals surface area contributed by atoms with Crippen LogP contribution in [0, 0.1) is 5.92 Å². The number of benzene rings is 1. The molecule has 136 valence electrons. The molecule has 0 saturated heterocycles. The van der Waals surface area contributed by atoms with Crippen LogP contribution in [0.25, 0.3) is 0 Å². The lowest BCUT2D eigenvalue weighted by Crippen LogP contribution is -2.38. The first kappa shape index (κ1) is 17.9. The summed E-state index contributed by atoms with van der Waals surface area (Å²) in [6.07, 6.45) is 3.58. The molecule has 1 atom stereocenters. The number of aromatic nitrogens is 1. The fourth-order valence-corrected chi connectivity index (χ4v) is 2.55. The van der Waals surface area contributed by atoms with Crippen molar-refractivity contribution in [3.63, 3.8) is 0 Å². The first-order valence-electron chi connectivity index (χ1n) is 8.81. The summed E-state index contributed by atoms with van der Waals surface area (Å²) in [6.45, 7) is 2.30. The quantitative estimate of drug-likeness (QED) is 0.763. The molecule has 1 saturated carbocycles. The van der Waals surface area contributed by atoms with E-state index in [0.29, 0.717) is 6.61 Å². The molecule has 1 aliphatic carbocycles. The number of nitrogens with one attached hydrogen (secondary N) is 2. The molecule has 6 nitrogen and oxygen atoms in total. The summed E-state index contributed by atoms with van der Waals surface area (Å²) in [5.41, 5.74) is 1.79. The van der Waals surface area contributed by atoms with E-state index in [9.17, 15) is 9.59 Å². The predicted molar refractivity (Wildman–Crippen MR) is 97.3 cm³/mol. The number of carbonyl (C=O) groups is 2. The molecule has 1 heterocycles. The third-order valence-corrected chi connectivity index (χ3v) is 4.22. The van der Waals surface area contributed by atoms with Crippen molar-refractivity contribution in [2.45, 2.75) is 32.4 Å². The van der Waals surface area contributed by atoms with E-state index in [4.69, 9.17) is 4.74 Å². The Morgan fingerprint density at radius 2 is 2.08 bits per heavy atom. The minimum Gasteiger partial charge on any atom is -0.487 e. The van der Waals surface area contributed by atoms with E-state index in [1.165, 1.54) is 0 Å². The molecular formula is C20H23N3O3. The summed E-state index contributed by atoms with van der Waals surface area (Å²) in [6, 6.07) is 13.1. The second-order valence-electron chi connectivity index (χ2n) is 6.46. The minimum absolute atomic E-state index is 0.00946. The van der Waals surface area contributed by atoms with Crippen molar-refractivity contribution in [1.82, 2.24) is 15.6 Å². The van der Waals surface area contributed by atoms with Gasteiger partial charge in [0.2, 0.25) is 11.8 Å². The van der Waals surface area contributed by atoms with Crippen molar-refractivity contribution >= 4 is 11.8 Å². The third-order valence-electron chi connectivity index (χ3n) is 4.22. The molecule has 1 aliphatic rings. The normalized spacial score (nSPS) is 14.3. The Hall–Kier alpha value is -2.89. The number of ether oxygens (including phenoxy) is 1. The first-order chi connectivity index (χ1) is 12.6. The molecule has 2 aromatic rings.